The molecule has 0 aliphatic rings. The predicted octanol–water partition coefficient (Wildman–Crippen LogP) is 3.64. The first-order valence-corrected chi connectivity index (χ1v) is 8.30. The van der Waals surface area contributed by atoms with E-state index in [1.807, 2.05) is 37.3 Å². The number of nitrogens with zero attached hydrogens (tertiary/aromatic N) is 1. The molecule has 0 aromatic heterocycles. The van der Waals surface area contributed by atoms with Gasteiger partial charge in [-0.05, 0) is 37.6 Å². The zero-order valence-electron chi connectivity index (χ0n) is 14.1. The van der Waals surface area contributed by atoms with E-state index in [0.29, 0.717) is 6.54 Å². The fourth-order valence-corrected chi connectivity index (χ4v) is 2.50. The van der Waals surface area contributed by atoms with Gasteiger partial charge in [0.25, 0.3) is 5.91 Å². The Bertz CT molecular complexity index is 593. The monoisotopic (exact) mass is 310 g/mol. The van der Waals surface area contributed by atoms with E-state index < -0.39 is 0 Å². The van der Waals surface area contributed by atoms with Gasteiger partial charge in [0.05, 0.1) is 0 Å². The molecule has 0 saturated carbocycles. The van der Waals surface area contributed by atoms with E-state index in [2.05, 4.69) is 41.4 Å². The summed E-state index contributed by atoms with van der Waals surface area (Å²) >= 11 is 0. The van der Waals surface area contributed by atoms with Gasteiger partial charge in [0.1, 0.15) is 0 Å². The molecule has 0 atom stereocenters. The van der Waals surface area contributed by atoms with Crippen molar-refractivity contribution in [2.45, 2.75) is 26.8 Å². The topological polar surface area (TPSA) is 32.3 Å². The average Bonchev–Trinajstić information content (AvgIpc) is 2.59. The molecule has 0 saturated heterocycles. The molecule has 0 aliphatic carbocycles. The Kier molecular flexibility index (Phi) is 6.82. The van der Waals surface area contributed by atoms with Crippen molar-refractivity contribution in [3.63, 3.8) is 0 Å². The number of hydrogen-bond acceptors (Lipinski definition) is 2. The zero-order valence-corrected chi connectivity index (χ0v) is 14.1. The molecule has 0 aliphatic heterocycles. The largest absolute Gasteiger partial charge is 0.352 e. The van der Waals surface area contributed by atoms with E-state index in [9.17, 15) is 4.79 Å². The van der Waals surface area contributed by atoms with Crippen LogP contribution in [0.5, 0.6) is 0 Å². The summed E-state index contributed by atoms with van der Waals surface area (Å²) < 4.78 is 0. The highest BCUT2D eigenvalue weighted by Crippen LogP contribution is 2.05. The highest BCUT2D eigenvalue weighted by molar-refractivity contribution is 5.94. The molecule has 0 fully saturated rings. The summed E-state index contributed by atoms with van der Waals surface area (Å²) in [6.07, 6.45) is 0.957. The number of carbonyl (C=O) groups is 1. The third-order valence-corrected chi connectivity index (χ3v) is 3.95. The van der Waals surface area contributed by atoms with E-state index >= 15 is 0 Å². The molecule has 122 valence electrons. The van der Waals surface area contributed by atoms with Crippen LogP contribution >= 0.6 is 0 Å². The molecular weight excluding hydrogens is 284 g/mol. The van der Waals surface area contributed by atoms with Crippen molar-refractivity contribution in [2.24, 2.45) is 0 Å². The third-order valence-electron chi connectivity index (χ3n) is 3.95. The van der Waals surface area contributed by atoms with Gasteiger partial charge in [0.15, 0.2) is 0 Å². The lowest BCUT2D eigenvalue weighted by molar-refractivity contribution is 0.0951. The summed E-state index contributed by atoms with van der Waals surface area (Å²) in [5, 5.41) is 3.00. The molecule has 1 amide bonds. The number of aryl methyl sites for hydroxylation is 1. The second-order valence-electron chi connectivity index (χ2n) is 5.83. The van der Waals surface area contributed by atoms with Crippen molar-refractivity contribution in [2.75, 3.05) is 19.6 Å². The lowest BCUT2D eigenvalue weighted by Crippen LogP contribution is -2.29. The van der Waals surface area contributed by atoms with E-state index in [1.165, 1.54) is 11.1 Å². The second-order valence-corrected chi connectivity index (χ2v) is 5.83. The summed E-state index contributed by atoms with van der Waals surface area (Å²) in [4.78, 5) is 14.4. The van der Waals surface area contributed by atoms with Crippen LogP contribution in [-0.2, 0) is 6.54 Å². The van der Waals surface area contributed by atoms with Gasteiger partial charge in [0, 0.05) is 25.2 Å². The number of rotatable bonds is 8. The molecule has 3 heteroatoms. The quantitative estimate of drug-likeness (QED) is 0.755. The van der Waals surface area contributed by atoms with Crippen LogP contribution in [0.3, 0.4) is 0 Å². The fraction of sp³-hybridized carbons (Fsp3) is 0.350. The van der Waals surface area contributed by atoms with Crippen LogP contribution in [0.25, 0.3) is 0 Å². The molecule has 0 unspecified atom stereocenters. The van der Waals surface area contributed by atoms with Crippen molar-refractivity contribution in [3.05, 3.63) is 71.3 Å². The van der Waals surface area contributed by atoms with Gasteiger partial charge in [-0.1, -0.05) is 55.0 Å². The summed E-state index contributed by atoms with van der Waals surface area (Å²) in [5.74, 6) is 0.0103. The first-order chi connectivity index (χ1) is 11.2. The lowest BCUT2D eigenvalue weighted by Gasteiger charge is -2.20. The van der Waals surface area contributed by atoms with Crippen molar-refractivity contribution >= 4 is 5.91 Å². The van der Waals surface area contributed by atoms with Crippen LogP contribution < -0.4 is 5.32 Å². The van der Waals surface area contributed by atoms with Crippen LogP contribution in [0.2, 0.25) is 0 Å². The maximum Gasteiger partial charge on any atom is 0.251 e. The Labute approximate surface area is 139 Å². The maximum atomic E-state index is 12.0. The van der Waals surface area contributed by atoms with Crippen LogP contribution in [0, 0.1) is 6.92 Å². The predicted molar refractivity (Wildman–Crippen MR) is 95.5 cm³/mol. The standard InChI is InChI=1S/C20H26N2O/c1-3-22(16-18-8-5-4-6-9-18)15-7-14-21-20(23)19-12-10-17(2)11-13-19/h4-6,8-13H,3,7,14-16H2,1-2H3,(H,21,23). The molecule has 0 heterocycles. The average molecular weight is 310 g/mol. The van der Waals surface area contributed by atoms with Crippen molar-refractivity contribution in [3.8, 4) is 0 Å². The van der Waals surface area contributed by atoms with Crippen molar-refractivity contribution < 1.29 is 4.79 Å². The van der Waals surface area contributed by atoms with Gasteiger partial charge < -0.3 is 5.32 Å². The lowest BCUT2D eigenvalue weighted by atomic mass is 10.1. The minimum Gasteiger partial charge on any atom is -0.352 e. The molecule has 0 spiro atoms. The minimum atomic E-state index is 0.0103. The van der Waals surface area contributed by atoms with Crippen LogP contribution in [0.1, 0.15) is 34.8 Å². The van der Waals surface area contributed by atoms with Gasteiger partial charge in [-0.25, -0.2) is 0 Å². The molecule has 3 nitrogen and oxygen atoms in total. The molecule has 23 heavy (non-hydrogen) atoms. The van der Waals surface area contributed by atoms with E-state index in [4.69, 9.17) is 0 Å². The Morgan fingerprint density at radius 3 is 2.39 bits per heavy atom. The van der Waals surface area contributed by atoms with E-state index in [-0.39, 0.29) is 5.91 Å². The molecule has 2 aromatic carbocycles. The van der Waals surface area contributed by atoms with Crippen LogP contribution in [0.4, 0.5) is 0 Å². The molecule has 0 radical (unpaired) electrons. The SMILES string of the molecule is CCN(CCCNC(=O)c1ccc(C)cc1)Cc1ccccc1. The number of hydrogen-bond donors (Lipinski definition) is 1. The Balaban J connectivity index is 1.71. The molecular formula is C20H26N2O. The Morgan fingerprint density at radius 1 is 1.04 bits per heavy atom. The minimum absolute atomic E-state index is 0.0103. The van der Waals surface area contributed by atoms with Crippen LogP contribution in [0.15, 0.2) is 54.6 Å². The van der Waals surface area contributed by atoms with Crippen molar-refractivity contribution in [1.82, 2.24) is 10.2 Å². The Morgan fingerprint density at radius 2 is 1.74 bits per heavy atom. The first-order valence-electron chi connectivity index (χ1n) is 8.30. The summed E-state index contributed by atoms with van der Waals surface area (Å²) in [5.41, 5.74) is 3.23. The van der Waals surface area contributed by atoms with Gasteiger partial charge in [-0.3, -0.25) is 9.69 Å². The molecule has 2 rings (SSSR count). The second kappa shape index (κ2) is 9.11. The number of benzene rings is 2. The van der Waals surface area contributed by atoms with Gasteiger partial charge in [0.2, 0.25) is 0 Å². The van der Waals surface area contributed by atoms with E-state index in [1.54, 1.807) is 0 Å². The normalized spacial score (nSPS) is 10.7. The highest BCUT2D eigenvalue weighted by atomic mass is 16.1. The highest BCUT2D eigenvalue weighted by Gasteiger charge is 2.06. The summed E-state index contributed by atoms with van der Waals surface area (Å²) in [6, 6.07) is 18.2. The first kappa shape index (κ1) is 17.2. The van der Waals surface area contributed by atoms with Gasteiger partial charge >= 0.3 is 0 Å². The third kappa shape index (κ3) is 5.87. The summed E-state index contributed by atoms with van der Waals surface area (Å²) in [7, 11) is 0. The van der Waals surface area contributed by atoms with Crippen LogP contribution in [-0.4, -0.2) is 30.4 Å². The fourth-order valence-electron chi connectivity index (χ4n) is 2.50. The smallest absolute Gasteiger partial charge is 0.251 e. The Hall–Kier alpha value is -2.13. The number of amides is 1. The zero-order chi connectivity index (χ0) is 16.5. The van der Waals surface area contributed by atoms with Crippen molar-refractivity contribution in [1.29, 1.82) is 0 Å². The summed E-state index contributed by atoms with van der Waals surface area (Å²) in [6.45, 7) is 7.86. The molecule has 0 bridgehead atoms. The van der Waals surface area contributed by atoms with E-state index in [0.717, 1.165) is 31.6 Å². The molecule has 2 aromatic rings. The van der Waals surface area contributed by atoms with Gasteiger partial charge in [-0.2, -0.15) is 0 Å². The van der Waals surface area contributed by atoms with Gasteiger partial charge in [-0.15, -0.1) is 0 Å². The number of nitrogens with one attached hydrogen (secondary N) is 1. The molecule has 1 N–H and O–H groups in total. The number of carbonyl (C=O) groups excluding carboxylic acids is 1. The maximum absolute atomic E-state index is 12.0.